The van der Waals surface area contributed by atoms with Crippen LogP contribution in [0.15, 0.2) is 0 Å². The van der Waals surface area contributed by atoms with Gasteiger partial charge in [-0.2, -0.15) is 0 Å². The zero-order valence-corrected chi connectivity index (χ0v) is 6.93. The fourth-order valence-corrected chi connectivity index (χ4v) is 0.714. The molecule has 0 rings (SSSR count). The van der Waals surface area contributed by atoms with Crippen LogP contribution in [0.1, 0.15) is 12.8 Å². The van der Waals surface area contributed by atoms with E-state index >= 15 is 0 Å². The molecule has 0 aromatic heterocycles. The van der Waals surface area contributed by atoms with Crippen molar-refractivity contribution in [2.75, 3.05) is 0 Å². The summed E-state index contributed by atoms with van der Waals surface area (Å²) in [6.45, 7) is 0. The molecule has 0 fully saturated rings. The standard InChI is InChI=1S/C6H8O7.3Ca.H2O.6H/c7-3(8)1-6(13,5(11)12)2-4(9)10;;;;;;;;;;/h13H,1-2H2,(H,7,8)(H,9,10)(H,11,12);;;;1H2;;;;;;. The first-order valence-corrected chi connectivity index (χ1v) is 3.17. The van der Waals surface area contributed by atoms with Gasteiger partial charge in [0.1, 0.15) is 0 Å². The molecule has 0 saturated heterocycles. The van der Waals surface area contributed by atoms with Crippen LogP contribution in [-0.4, -0.2) is 163 Å². The van der Waals surface area contributed by atoms with E-state index in [1.807, 2.05) is 0 Å². The van der Waals surface area contributed by atoms with Crippen LogP contribution >= 0.6 is 0 Å². The van der Waals surface area contributed by atoms with E-state index in [1.165, 1.54) is 0 Å². The van der Waals surface area contributed by atoms with Gasteiger partial charge in [0.2, 0.25) is 0 Å². The predicted molar refractivity (Wildman–Crippen MR) is 66.3 cm³/mol. The molecule has 0 aromatic rings. The summed E-state index contributed by atoms with van der Waals surface area (Å²) < 4.78 is 0. The van der Waals surface area contributed by atoms with Gasteiger partial charge in [0, 0.05) is 0 Å². The van der Waals surface area contributed by atoms with Gasteiger partial charge in [-0.3, -0.25) is 9.59 Å². The topological polar surface area (TPSA) is 164 Å². The summed E-state index contributed by atoms with van der Waals surface area (Å²) in [7, 11) is 0. The molecule has 17 heavy (non-hydrogen) atoms. The second-order valence-corrected chi connectivity index (χ2v) is 2.48. The van der Waals surface area contributed by atoms with Gasteiger partial charge < -0.3 is 25.9 Å². The number of rotatable bonds is 5. The quantitative estimate of drug-likeness (QED) is 0.366. The van der Waals surface area contributed by atoms with Crippen LogP contribution in [0, 0.1) is 0 Å². The molecule has 0 atom stereocenters. The fraction of sp³-hybridized carbons (Fsp3) is 0.500. The first-order chi connectivity index (χ1) is 5.78. The Bertz CT molecular complexity index is 240. The summed E-state index contributed by atoms with van der Waals surface area (Å²) in [5.74, 6) is -5.02. The van der Waals surface area contributed by atoms with Gasteiger partial charge in [0.25, 0.3) is 0 Å². The normalized spacial score (nSPS) is 8.29. The number of aliphatic hydroxyl groups is 1. The Balaban J connectivity index is -0.000000120. The molecule has 0 heterocycles. The fourth-order valence-electron chi connectivity index (χ4n) is 0.714. The number of carboxylic acids is 3. The van der Waals surface area contributed by atoms with Crippen LogP contribution in [0.3, 0.4) is 0 Å². The molecular weight excluding hydrogens is 320 g/mol. The number of hydrogen-bond acceptors (Lipinski definition) is 4. The van der Waals surface area contributed by atoms with Crippen molar-refractivity contribution in [2.24, 2.45) is 0 Å². The Morgan fingerprint density at radius 2 is 1.06 bits per heavy atom. The molecular formula is C6H16Ca3O8. The Morgan fingerprint density at radius 3 is 1.18 bits per heavy atom. The molecule has 11 heteroatoms. The predicted octanol–water partition coefficient (Wildman–Crippen LogP) is -4.82. The number of carboxylic acid groups (broad SMARTS) is 3. The second kappa shape index (κ2) is 14.5. The van der Waals surface area contributed by atoms with Crippen LogP contribution in [-0.2, 0) is 14.4 Å². The van der Waals surface area contributed by atoms with E-state index in [0.717, 1.165) is 0 Å². The maximum atomic E-state index is 10.3. The average molecular weight is 336 g/mol. The van der Waals surface area contributed by atoms with Gasteiger partial charge in [0.05, 0.1) is 12.8 Å². The van der Waals surface area contributed by atoms with Gasteiger partial charge in [-0.15, -0.1) is 0 Å². The molecule has 0 saturated carbocycles. The van der Waals surface area contributed by atoms with Crippen molar-refractivity contribution in [2.45, 2.75) is 18.4 Å². The third kappa shape index (κ3) is 14.3. The van der Waals surface area contributed by atoms with E-state index < -0.39 is 36.4 Å². The van der Waals surface area contributed by atoms with Crippen molar-refractivity contribution in [3.8, 4) is 0 Å². The van der Waals surface area contributed by atoms with Crippen LogP contribution < -0.4 is 0 Å². The molecule has 6 N–H and O–H groups in total. The van der Waals surface area contributed by atoms with Crippen LogP contribution in [0.2, 0.25) is 0 Å². The van der Waals surface area contributed by atoms with E-state index in [4.69, 9.17) is 20.4 Å². The van der Waals surface area contributed by atoms with Gasteiger partial charge in [-0.05, 0) is 0 Å². The molecule has 0 aliphatic heterocycles. The van der Waals surface area contributed by atoms with Crippen molar-refractivity contribution in [1.29, 1.82) is 0 Å². The monoisotopic (exact) mass is 336 g/mol. The first kappa shape index (κ1) is 31.5. The number of aliphatic carboxylic acids is 3. The van der Waals surface area contributed by atoms with Crippen molar-refractivity contribution in [1.82, 2.24) is 0 Å². The number of carbonyl (C=O) groups is 3. The molecule has 94 valence electrons. The van der Waals surface area contributed by atoms with Crippen LogP contribution in [0.25, 0.3) is 0 Å². The van der Waals surface area contributed by atoms with Crippen molar-refractivity contribution < 1.29 is 40.3 Å². The molecule has 8 nitrogen and oxygen atoms in total. The molecule has 0 aliphatic carbocycles. The zero-order valence-electron chi connectivity index (χ0n) is 6.93. The van der Waals surface area contributed by atoms with Crippen molar-refractivity contribution >= 4 is 131 Å². The third-order valence-electron chi connectivity index (χ3n) is 1.29. The van der Waals surface area contributed by atoms with Gasteiger partial charge in [0.15, 0.2) is 5.60 Å². The van der Waals surface area contributed by atoms with Crippen molar-refractivity contribution in [3.05, 3.63) is 0 Å². The summed E-state index contributed by atoms with van der Waals surface area (Å²) in [6.07, 6.45) is -2.29. The van der Waals surface area contributed by atoms with Crippen LogP contribution in [0.4, 0.5) is 0 Å². The van der Waals surface area contributed by atoms with Crippen molar-refractivity contribution in [3.63, 3.8) is 0 Å². The van der Waals surface area contributed by atoms with E-state index in [9.17, 15) is 14.4 Å². The summed E-state index contributed by atoms with van der Waals surface area (Å²) in [5.41, 5.74) is -2.74. The molecule has 0 aliphatic rings. The van der Waals surface area contributed by atoms with E-state index in [-0.39, 0.29) is 119 Å². The Morgan fingerprint density at radius 1 is 0.824 bits per heavy atom. The molecule has 0 spiro atoms. The van der Waals surface area contributed by atoms with Gasteiger partial charge in [-0.1, -0.05) is 0 Å². The molecule has 0 radical (unpaired) electrons. The van der Waals surface area contributed by atoms with Crippen LogP contribution in [0.5, 0.6) is 0 Å². The van der Waals surface area contributed by atoms with Gasteiger partial charge in [-0.25, -0.2) is 4.79 Å². The SMILES string of the molecule is O.O=C(O)CC(O)(CC(=O)O)C(=O)O.[CaH2].[CaH2].[CaH2]. The Hall–Kier alpha value is 2.11. The number of hydrogen-bond donors (Lipinski definition) is 4. The third-order valence-corrected chi connectivity index (χ3v) is 1.29. The molecule has 0 aromatic carbocycles. The Labute approximate surface area is 186 Å². The zero-order chi connectivity index (χ0) is 10.6. The molecule has 0 unspecified atom stereocenters. The summed E-state index contributed by atoms with van der Waals surface area (Å²) in [6, 6.07) is 0. The minimum absolute atomic E-state index is 0. The summed E-state index contributed by atoms with van der Waals surface area (Å²) >= 11 is 0. The minimum atomic E-state index is -2.74. The van der Waals surface area contributed by atoms with E-state index in [1.54, 1.807) is 0 Å². The maximum absolute atomic E-state index is 10.3. The molecule has 0 amide bonds. The first-order valence-electron chi connectivity index (χ1n) is 3.17. The second-order valence-electron chi connectivity index (χ2n) is 2.48. The van der Waals surface area contributed by atoms with Gasteiger partial charge >= 0.3 is 131 Å². The average Bonchev–Trinajstić information content (AvgIpc) is 1.82. The Kier molecular flexibility index (Phi) is 26.9. The van der Waals surface area contributed by atoms with E-state index in [0.29, 0.717) is 0 Å². The summed E-state index contributed by atoms with van der Waals surface area (Å²) in [5, 5.41) is 33.8. The van der Waals surface area contributed by atoms with E-state index in [2.05, 4.69) is 0 Å². The summed E-state index contributed by atoms with van der Waals surface area (Å²) in [4.78, 5) is 30.5. The molecule has 0 bridgehead atoms.